The summed E-state index contributed by atoms with van der Waals surface area (Å²) < 4.78 is 42.4. The van der Waals surface area contributed by atoms with Crippen molar-refractivity contribution in [2.24, 2.45) is 5.92 Å². The van der Waals surface area contributed by atoms with Gasteiger partial charge >= 0.3 is 6.18 Å². The second-order valence-electron chi connectivity index (χ2n) is 5.63. The molecule has 0 aromatic carbocycles. The molecule has 0 unspecified atom stereocenters. The van der Waals surface area contributed by atoms with E-state index in [1.165, 1.54) is 11.9 Å². The first-order chi connectivity index (χ1) is 9.17. The normalized spacial score (nSPS) is 12.7. The third-order valence-corrected chi connectivity index (χ3v) is 2.78. The molecule has 0 aliphatic carbocycles. The Labute approximate surface area is 118 Å². The van der Waals surface area contributed by atoms with E-state index >= 15 is 0 Å². The largest absolute Gasteiger partial charge is 0.463 e. The Morgan fingerprint density at radius 2 is 2.00 bits per heavy atom. The summed E-state index contributed by atoms with van der Waals surface area (Å²) in [7, 11) is 1.43. The zero-order valence-electron chi connectivity index (χ0n) is 12.5. The van der Waals surface area contributed by atoms with Gasteiger partial charge in [0.1, 0.15) is 11.5 Å². The first kappa shape index (κ1) is 17.0. The van der Waals surface area contributed by atoms with Crippen molar-refractivity contribution in [3.8, 4) is 0 Å². The number of rotatable bonds is 7. The molecular weight excluding hydrogens is 269 g/mol. The molecule has 0 amide bonds. The SMILES string of the molecule is Cc1cc(CN(C)CC(F)(F)F)oc1CNCC(C)C. The van der Waals surface area contributed by atoms with Crippen LogP contribution in [0.25, 0.3) is 0 Å². The van der Waals surface area contributed by atoms with Crippen molar-refractivity contribution in [3.05, 3.63) is 23.2 Å². The van der Waals surface area contributed by atoms with Gasteiger partial charge in [-0.25, -0.2) is 0 Å². The summed E-state index contributed by atoms with van der Waals surface area (Å²) in [6.45, 7) is 6.83. The molecule has 0 saturated carbocycles. The van der Waals surface area contributed by atoms with Gasteiger partial charge in [0.2, 0.25) is 0 Å². The van der Waals surface area contributed by atoms with Crippen molar-refractivity contribution in [1.82, 2.24) is 10.2 Å². The highest BCUT2D eigenvalue weighted by Crippen LogP contribution is 2.19. The lowest BCUT2D eigenvalue weighted by Crippen LogP contribution is -2.30. The fraction of sp³-hybridized carbons (Fsp3) is 0.714. The fourth-order valence-electron chi connectivity index (χ4n) is 1.95. The lowest BCUT2D eigenvalue weighted by molar-refractivity contribution is -0.144. The number of aryl methyl sites for hydroxylation is 1. The summed E-state index contributed by atoms with van der Waals surface area (Å²) in [6, 6.07) is 1.80. The second kappa shape index (κ2) is 7.13. The van der Waals surface area contributed by atoms with Gasteiger partial charge in [0.05, 0.1) is 19.6 Å². The molecule has 0 aliphatic heterocycles. The van der Waals surface area contributed by atoms with Crippen LogP contribution in [0.2, 0.25) is 0 Å². The van der Waals surface area contributed by atoms with Crippen molar-refractivity contribution in [3.63, 3.8) is 0 Å². The second-order valence-corrected chi connectivity index (χ2v) is 5.63. The lowest BCUT2D eigenvalue weighted by Gasteiger charge is -2.16. The van der Waals surface area contributed by atoms with Gasteiger partial charge in [-0.05, 0) is 38.1 Å². The van der Waals surface area contributed by atoms with E-state index < -0.39 is 12.7 Å². The van der Waals surface area contributed by atoms with E-state index in [2.05, 4.69) is 19.2 Å². The molecule has 1 heterocycles. The van der Waals surface area contributed by atoms with Crippen LogP contribution in [0.4, 0.5) is 13.2 Å². The molecule has 116 valence electrons. The predicted molar refractivity (Wildman–Crippen MR) is 72.4 cm³/mol. The molecule has 1 aromatic rings. The molecule has 20 heavy (non-hydrogen) atoms. The van der Waals surface area contributed by atoms with Crippen molar-refractivity contribution in [2.75, 3.05) is 20.1 Å². The average Bonchev–Trinajstić information content (AvgIpc) is 2.55. The van der Waals surface area contributed by atoms with Gasteiger partial charge in [-0.2, -0.15) is 13.2 Å². The number of hydrogen-bond donors (Lipinski definition) is 1. The first-order valence-corrected chi connectivity index (χ1v) is 6.71. The monoisotopic (exact) mass is 292 g/mol. The van der Waals surface area contributed by atoms with E-state index in [-0.39, 0.29) is 6.54 Å². The number of halogens is 3. The highest BCUT2D eigenvalue weighted by Gasteiger charge is 2.29. The minimum absolute atomic E-state index is 0.157. The summed E-state index contributed by atoms with van der Waals surface area (Å²) in [6.07, 6.45) is -4.18. The van der Waals surface area contributed by atoms with Crippen LogP contribution in [0.15, 0.2) is 10.5 Å². The maximum absolute atomic E-state index is 12.3. The maximum atomic E-state index is 12.3. The molecule has 0 spiro atoms. The van der Waals surface area contributed by atoms with Gasteiger partial charge in [0, 0.05) is 0 Å². The van der Waals surface area contributed by atoms with E-state index in [4.69, 9.17) is 4.42 Å². The van der Waals surface area contributed by atoms with Crippen LogP contribution in [0.5, 0.6) is 0 Å². The topological polar surface area (TPSA) is 28.4 Å². The number of alkyl halides is 3. The maximum Gasteiger partial charge on any atom is 0.401 e. The molecule has 1 rings (SSSR count). The van der Waals surface area contributed by atoms with Gasteiger partial charge in [0.15, 0.2) is 0 Å². The van der Waals surface area contributed by atoms with Crippen LogP contribution < -0.4 is 5.32 Å². The van der Waals surface area contributed by atoms with Crippen LogP contribution in [0.3, 0.4) is 0 Å². The molecule has 0 aliphatic rings. The Kier molecular flexibility index (Phi) is 6.07. The van der Waals surface area contributed by atoms with E-state index in [0.717, 1.165) is 17.9 Å². The van der Waals surface area contributed by atoms with Crippen molar-refractivity contribution in [1.29, 1.82) is 0 Å². The Morgan fingerprint density at radius 3 is 2.55 bits per heavy atom. The fourth-order valence-corrected chi connectivity index (χ4v) is 1.95. The van der Waals surface area contributed by atoms with Crippen LogP contribution in [-0.2, 0) is 13.1 Å². The molecule has 0 saturated heterocycles. The summed E-state index contributed by atoms with van der Waals surface area (Å²) in [5.74, 6) is 1.90. The molecule has 6 heteroatoms. The van der Waals surface area contributed by atoms with E-state index in [1.54, 1.807) is 6.07 Å². The highest BCUT2D eigenvalue weighted by molar-refractivity contribution is 5.20. The Morgan fingerprint density at radius 1 is 1.35 bits per heavy atom. The van der Waals surface area contributed by atoms with Gasteiger partial charge < -0.3 is 9.73 Å². The molecule has 0 radical (unpaired) electrons. The highest BCUT2D eigenvalue weighted by atomic mass is 19.4. The summed E-state index contributed by atoms with van der Waals surface area (Å²) in [5.41, 5.74) is 0.969. The van der Waals surface area contributed by atoms with Gasteiger partial charge in [-0.3, -0.25) is 4.90 Å². The quantitative estimate of drug-likeness (QED) is 0.835. The van der Waals surface area contributed by atoms with Gasteiger partial charge in [-0.1, -0.05) is 13.8 Å². The Bertz CT molecular complexity index is 413. The number of furan rings is 1. The van der Waals surface area contributed by atoms with Crippen LogP contribution in [0, 0.1) is 12.8 Å². The number of hydrogen-bond acceptors (Lipinski definition) is 3. The minimum atomic E-state index is -4.18. The zero-order chi connectivity index (χ0) is 15.3. The van der Waals surface area contributed by atoms with Crippen LogP contribution >= 0.6 is 0 Å². The molecule has 0 fully saturated rings. The third kappa shape index (κ3) is 6.43. The third-order valence-electron chi connectivity index (χ3n) is 2.78. The summed E-state index contributed by atoms with van der Waals surface area (Å²) in [5, 5.41) is 3.26. The molecular formula is C14H23F3N2O. The Hall–Kier alpha value is -1.01. The predicted octanol–water partition coefficient (Wildman–Crippen LogP) is 3.33. The van der Waals surface area contributed by atoms with E-state index in [1.807, 2.05) is 6.92 Å². The molecule has 3 nitrogen and oxygen atoms in total. The van der Waals surface area contributed by atoms with Crippen LogP contribution in [0.1, 0.15) is 30.9 Å². The van der Waals surface area contributed by atoms with Crippen molar-refractivity contribution < 1.29 is 17.6 Å². The standard InChI is InChI=1S/C14H23F3N2O/c1-10(2)6-18-7-13-11(3)5-12(20-13)8-19(4)9-14(15,16)17/h5,10,18H,6-9H2,1-4H3. The molecule has 1 aromatic heterocycles. The van der Waals surface area contributed by atoms with Gasteiger partial charge in [0.25, 0.3) is 0 Å². The lowest BCUT2D eigenvalue weighted by atomic mass is 10.2. The number of nitrogens with zero attached hydrogens (tertiary/aromatic N) is 1. The summed E-state index contributed by atoms with van der Waals surface area (Å²) in [4.78, 5) is 1.20. The Balaban J connectivity index is 2.52. The number of nitrogens with one attached hydrogen (secondary N) is 1. The van der Waals surface area contributed by atoms with E-state index in [0.29, 0.717) is 18.2 Å². The van der Waals surface area contributed by atoms with Crippen molar-refractivity contribution in [2.45, 2.75) is 40.0 Å². The molecule has 0 bridgehead atoms. The first-order valence-electron chi connectivity index (χ1n) is 6.71. The summed E-state index contributed by atoms with van der Waals surface area (Å²) >= 11 is 0. The zero-order valence-corrected chi connectivity index (χ0v) is 12.5. The smallest absolute Gasteiger partial charge is 0.401 e. The van der Waals surface area contributed by atoms with Crippen LogP contribution in [-0.4, -0.2) is 31.2 Å². The van der Waals surface area contributed by atoms with Crippen molar-refractivity contribution >= 4 is 0 Å². The van der Waals surface area contributed by atoms with E-state index in [9.17, 15) is 13.2 Å². The average molecular weight is 292 g/mol. The molecule has 1 N–H and O–H groups in total. The van der Waals surface area contributed by atoms with Gasteiger partial charge in [-0.15, -0.1) is 0 Å². The minimum Gasteiger partial charge on any atom is -0.463 e. The molecule has 0 atom stereocenters.